The van der Waals surface area contributed by atoms with Crippen molar-refractivity contribution >= 4 is 17.5 Å². The molecule has 7 unspecified atom stereocenters. The van der Waals surface area contributed by atoms with Crippen LogP contribution in [0.3, 0.4) is 0 Å². The summed E-state index contributed by atoms with van der Waals surface area (Å²) in [6.45, 7) is 8.13. The van der Waals surface area contributed by atoms with E-state index in [1.54, 1.807) is 12.2 Å². The third-order valence-corrected chi connectivity index (χ3v) is 11.1. The van der Waals surface area contributed by atoms with Gasteiger partial charge >= 0.3 is 5.97 Å². The van der Waals surface area contributed by atoms with Crippen molar-refractivity contribution in [2.24, 2.45) is 28.6 Å². The average Bonchev–Trinajstić information content (AvgIpc) is 3.39. The topological polar surface area (TPSA) is 99.1 Å². The number of carbonyl (C=O) groups is 3. The second kappa shape index (κ2) is 11.4. The molecule has 222 valence electrons. The highest BCUT2D eigenvalue weighted by atomic mass is 16.7. The molecular formula is C33H48O7. The lowest BCUT2D eigenvalue weighted by molar-refractivity contribution is -0.201. The molecule has 0 amide bonds. The van der Waals surface area contributed by atoms with Gasteiger partial charge in [0, 0.05) is 23.2 Å². The number of carbonyl (C=O) groups excluding carboxylic acids is 3. The first-order valence-electron chi connectivity index (χ1n) is 15.7. The Morgan fingerprint density at radius 2 is 1.90 bits per heavy atom. The van der Waals surface area contributed by atoms with Crippen molar-refractivity contribution in [3.63, 3.8) is 0 Å². The Bertz CT molecular complexity index is 1060. The van der Waals surface area contributed by atoms with E-state index in [0.29, 0.717) is 25.7 Å². The first kappa shape index (κ1) is 29.7. The number of fused-ring (bicyclic) bond motifs is 7. The second-order valence-corrected chi connectivity index (χ2v) is 13.4. The molecule has 5 rings (SSSR count). The first-order valence-corrected chi connectivity index (χ1v) is 15.7. The molecule has 5 aliphatic rings. The van der Waals surface area contributed by atoms with E-state index >= 15 is 0 Å². The summed E-state index contributed by atoms with van der Waals surface area (Å²) in [6.07, 6.45) is 13.6. The molecule has 1 aliphatic heterocycles. The van der Waals surface area contributed by atoms with Gasteiger partial charge in [-0.15, -0.1) is 0 Å². The van der Waals surface area contributed by atoms with Gasteiger partial charge in [-0.05, 0) is 62.5 Å². The van der Waals surface area contributed by atoms with Crippen LogP contribution in [0.5, 0.6) is 0 Å². The molecule has 7 heteroatoms. The van der Waals surface area contributed by atoms with Crippen LogP contribution in [0.2, 0.25) is 0 Å². The minimum absolute atomic E-state index is 0.0142. The van der Waals surface area contributed by atoms with Crippen LogP contribution in [-0.4, -0.2) is 53.3 Å². The number of rotatable bonds is 11. The van der Waals surface area contributed by atoms with Crippen LogP contribution >= 0.6 is 0 Å². The summed E-state index contributed by atoms with van der Waals surface area (Å²) in [7, 11) is 0. The highest BCUT2D eigenvalue weighted by Gasteiger charge is 2.75. The molecule has 0 aromatic heterocycles. The number of hydrogen-bond acceptors (Lipinski definition) is 7. The molecular weight excluding hydrogens is 508 g/mol. The number of unbranched alkanes of at least 4 members (excludes halogenated alkanes) is 4. The Kier molecular flexibility index (Phi) is 8.49. The molecule has 3 saturated carbocycles. The largest absolute Gasteiger partial charge is 0.458 e. The standard InChI is InChI=1S/C33H48O7/c1-5-7-8-9-10-12-28(37)38-20-26(36)33-27(39-29(40-33)11-6-2)18-24-23-14-13-21-17-22(34)15-16-31(21,3)30(23)25(35)19-32(24,33)4/h15-17,23-25,27,29-30,35H,5-14,18-20H2,1-4H3/t23?,24?,25?,27-,29?,30?,31?,32?,33-/m1/s1. The van der Waals surface area contributed by atoms with E-state index in [1.165, 1.54) is 0 Å². The lowest BCUT2D eigenvalue weighted by Gasteiger charge is -2.59. The van der Waals surface area contributed by atoms with Crippen molar-refractivity contribution in [3.8, 4) is 0 Å². The van der Waals surface area contributed by atoms with Crippen molar-refractivity contribution < 1.29 is 33.7 Å². The monoisotopic (exact) mass is 556 g/mol. The SMILES string of the molecule is CCCCCCCC(=O)OCC(=O)[C@@]12OC(CCC)O[C@@H]1CC1C3CCC4=CC(=O)C=CC4(C)C3C(O)CC12C. The summed E-state index contributed by atoms with van der Waals surface area (Å²) < 4.78 is 18.6. The fraction of sp³-hybridized carbons (Fsp3) is 0.788. The third kappa shape index (κ3) is 4.74. The Balaban J connectivity index is 1.37. The Morgan fingerprint density at radius 3 is 2.65 bits per heavy atom. The normalized spacial score (nSPS) is 41.5. The zero-order valence-corrected chi connectivity index (χ0v) is 24.8. The zero-order valence-electron chi connectivity index (χ0n) is 24.8. The van der Waals surface area contributed by atoms with Gasteiger partial charge in [0.25, 0.3) is 0 Å². The molecule has 0 spiro atoms. The summed E-state index contributed by atoms with van der Waals surface area (Å²) in [5, 5.41) is 11.8. The predicted octanol–water partition coefficient (Wildman–Crippen LogP) is 5.63. The fourth-order valence-corrected chi connectivity index (χ4v) is 9.20. The molecule has 7 nitrogen and oxygen atoms in total. The average molecular weight is 557 g/mol. The smallest absolute Gasteiger partial charge is 0.306 e. The molecule has 1 saturated heterocycles. The van der Waals surface area contributed by atoms with E-state index in [4.69, 9.17) is 14.2 Å². The summed E-state index contributed by atoms with van der Waals surface area (Å²) in [6, 6.07) is 0. The maximum atomic E-state index is 14.2. The third-order valence-electron chi connectivity index (χ3n) is 11.1. The van der Waals surface area contributed by atoms with Crippen LogP contribution in [0.4, 0.5) is 0 Å². The van der Waals surface area contributed by atoms with Gasteiger partial charge in [-0.2, -0.15) is 0 Å². The van der Waals surface area contributed by atoms with E-state index in [2.05, 4.69) is 27.7 Å². The van der Waals surface area contributed by atoms with Crippen LogP contribution in [0.1, 0.15) is 105 Å². The molecule has 4 fully saturated rings. The maximum Gasteiger partial charge on any atom is 0.306 e. The van der Waals surface area contributed by atoms with Crippen LogP contribution in [-0.2, 0) is 28.6 Å². The van der Waals surface area contributed by atoms with Gasteiger partial charge in [-0.3, -0.25) is 14.4 Å². The van der Waals surface area contributed by atoms with E-state index in [9.17, 15) is 19.5 Å². The van der Waals surface area contributed by atoms with Crippen LogP contribution < -0.4 is 0 Å². The summed E-state index contributed by atoms with van der Waals surface area (Å²) in [5.41, 5.74) is -1.19. The van der Waals surface area contributed by atoms with Crippen molar-refractivity contribution in [1.29, 1.82) is 0 Å². The number of ether oxygens (including phenoxy) is 3. The lowest BCUT2D eigenvalue weighted by atomic mass is 9.46. The summed E-state index contributed by atoms with van der Waals surface area (Å²) in [5.74, 6) is -0.346. The minimum atomic E-state index is -1.25. The van der Waals surface area contributed by atoms with Crippen molar-refractivity contribution in [2.75, 3.05) is 6.61 Å². The molecule has 0 aromatic rings. The van der Waals surface area contributed by atoms with Gasteiger partial charge in [-0.25, -0.2) is 0 Å². The van der Waals surface area contributed by atoms with Crippen LogP contribution in [0.25, 0.3) is 0 Å². The van der Waals surface area contributed by atoms with Crippen LogP contribution in [0.15, 0.2) is 23.8 Å². The summed E-state index contributed by atoms with van der Waals surface area (Å²) in [4.78, 5) is 38.8. The maximum absolute atomic E-state index is 14.2. The predicted molar refractivity (Wildman–Crippen MR) is 150 cm³/mol. The minimum Gasteiger partial charge on any atom is -0.458 e. The highest BCUT2D eigenvalue weighted by Crippen LogP contribution is 2.69. The van der Waals surface area contributed by atoms with E-state index in [1.807, 2.05) is 6.08 Å². The number of aliphatic hydroxyl groups is 1. The van der Waals surface area contributed by atoms with Gasteiger partial charge in [0.2, 0.25) is 5.78 Å². The van der Waals surface area contributed by atoms with Gasteiger partial charge < -0.3 is 19.3 Å². The molecule has 9 atom stereocenters. The number of Topliss-reactive ketones (excluding diaryl/α,β-unsaturated/α-hetero) is 1. The van der Waals surface area contributed by atoms with E-state index in [-0.39, 0.29) is 47.3 Å². The van der Waals surface area contributed by atoms with E-state index in [0.717, 1.165) is 56.9 Å². The van der Waals surface area contributed by atoms with Crippen molar-refractivity contribution in [1.82, 2.24) is 0 Å². The molecule has 0 bridgehead atoms. The molecule has 4 aliphatic carbocycles. The lowest BCUT2D eigenvalue weighted by Crippen LogP contribution is -2.63. The zero-order chi connectivity index (χ0) is 28.7. The highest BCUT2D eigenvalue weighted by molar-refractivity contribution is 6.01. The molecule has 0 aromatic carbocycles. The van der Waals surface area contributed by atoms with E-state index < -0.39 is 29.5 Å². The first-order chi connectivity index (χ1) is 19.1. The Morgan fingerprint density at radius 1 is 1.12 bits per heavy atom. The van der Waals surface area contributed by atoms with Gasteiger partial charge in [0.1, 0.15) is 0 Å². The van der Waals surface area contributed by atoms with Crippen molar-refractivity contribution in [3.05, 3.63) is 23.8 Å². The second-order valence-electron chi connectivity index (χ2n) is 13.4. The number of esters is 1. The Labute approximate surface area is 239 Å². The molecule has 1 N–H and O–H groups in total. The van der Waals surface area contributed by atoms with Gasteiger partial charge in [-0.1, -0.05) is 71.4 Å². The molecule has 0 radical (unpaired) electrons. The van der Waals surface area contributed by atoms with Crippen molar-refractivity contribution in [2.45, 2.75) is 129 Å². The fourth-order valence-electron chi connectivity index (χ4n) is 9.20. The Hall–Kier alpha value is -1.83. The summed E-state index contributed by atoms with van der Waals surface area (Å²) >= 11 is 0. The number of aliphatic hydroxyl groups excluding tert-OH is 1. The van der Waals surface area contributed by atoms with Gasteiger partial charge in [0.05, 0.1) is 12.2 Å². The quantitative estimate of drug-likeness (QED) is 0.260. The van der Waals surface area contributed by atoms with Gasteiger partial charge in [0.15, 0.2) is 24.3 Å². The number of hydrogen-bond donors (Lipinski definition) is 1. The van der Waals surface area contributed by atoms with Crippen LogP contribution in [0, 0.1) is 28.6 Å². The molecule has 40 heavy (non-hydrogen) atoms. The molecule has 1 heterocycles. The number of allylic oxidation sites excluding steroid dienone is 4. The number of ketones is 2.